The second-order valence-electron chi connectivity index (χ2n) is 6.85. The van der Waals surface area contributed by atoms with Crippen molar-refractivity contribution in [3.8, 4) is 0 Å². The molecule has 0 bridgehead atoms. The third-order valence-electron chi connectivity index (χ3n) is 5.15. The molecule has 0 heterocycles. The van der Waals surface area contributed by atoms with E-state index < -0.39 is 32.2 Å². The average molecular weight is 408 g/mol. The minimum absolute atomic E-state index is 0.0749. The fourth-order valence-electron chi connectivity index (χ4n) is 3.72. The highest BCUT2D eigenvalue weighted by atomic mass is 32.2. The molecule has 2 aromatic carbocycles. The van der Waals surface area contributed by atoms with Crippen LogP contribution in [0.15, 0.2) is 53.4 Å². The van der Waals surface area contributed by atoms with E-state index >= 15 is 0 Å². The van der Waals surface area contributed by atoms with E-state index in [0.29, 0.717) is 12.2 Å². The maximum atomic E-state index is 13.8. The Hall–Kier alpha value is -1.83. The van der Waals surface area contributed by atoms with Gasteiger partial charge in [0.1, 0.15) is 5.82 Å². The van der Waals surface area contributed by atoms with Crippen molar-refractivity contribution in [2.45, 2.75) is 29.9 Å². The number of thiocarbonyl (C=S) groups is 1. The number of hydrogen-bond acceptors (Lipinski definition) is 4. The van der Waals surface area contributed by atoms with Crippen LogP contribution in [0.1, 0.15) is 24.0 Å². The third kappa shape index (κ3) is 3.39. The number of halogens is 1. The van der Waals surface area contributed by atoms with Crippen molar-refractivity contribution in [2.75, 3.05) is 13.2 Å². The number of ether oxygens (including phenoxy) is 1. The molecule has 1 saturated carbocycles. The van der Waals surface area contributed by atoms with E-state index in [1.54, 1.807) is 36.4 Å². The van der Waals surface area contributed by atoms with Crippen LogP contribution in [0.25, 0.3) is 0 Å². The Morgan fingerprint density at radius 1 is 1.26 bits per heavy atom. The SMILES string of the molecule is CCOCC1(C(N)=S)C(c2cccc(F)c2)C1S(=O)(=O)c1ccc(C)cc1. The molecule has 1 aliphatic carbocycles. The lowest BCUT2D eigenvalue weighted by atomic mass is 10.00. The molecular weight excluding hydrogens is 385 g/mol. The van der Waals surface area contributed by atoms with Crippen LogP contribution in [-0.2, 0) is 14.6 Å². The zero-order valence-electron chi connectivity index (χ0n) is 15.2. The molecule has 0 aliphatic heterocycles. The zero-order chi connectivity index (χ0) is 19.8. The topological polar surface area (TPSA) is 69.4 Å². The second-order valence-corrected chi connectivity index (χ2v) is 9.36. The van der Waals surface area contributed by atoms with E-state index in [2.05, 4.69) is 0 Å². The van der Waals surface area contributed by atoms with E-state index in [-0.39, 0.29) is 16.5 Å². The molecule has 4 nitrogen and oxygen atoms in total. The van der Waals surface area contributed by atoms with Crippen LogP contribution in [-0.4, -0.2) is 31.9 Å². The van der Waals surface area contributed by atoms with Crippen LogP contribution in [0.3, 0.4) is 0 Å². The fourth-order valence-corrected chi connectivity index (χ4v) is 6.49. The van der Waals surface area contributed by atoms with Gasteiger partial charge in [-0.1, -0.05) is 42.0 Å². The van der Waals surface area contributed by atoms with Crippen molar-refractivity contribution in [3.05, 3.63) is 65.5 Å². The summed E-state index contributed by atoms with van der Waals surface area (Å²) in [4.78, 5) is 0.278. The Morgan fingerprint density at radius 3 is 2.48 bits per heavy atom. The molecule has 1 aliphatic rings. The van der Waals surface area contributed by atoms with Crippen molar-refractivity contribution in [3.63, 3.8) is 0 Å². The van der Waals surface area contributed by atoms with Gasteiger partial charge in [0.25, 0.3) is 0 Å². The number of hydrogen-bond donors (Lipinski definition) is 1. The van der Waals surface area contributed by atoms with Gasteiger partial charge in [-0.25, -0.2) is 12.8 Å². The average Bonchev–Trinajstić information content (AvgIpc) is 3.32. The van der Waals surface area contributed by atoms with Crippen LogP contribution in [0.4, 0.5) is 4.39 Å². The van der Waals surface area contributed by atoms with E-state index in [1.165, 1.54) is 12.1 Å². The lowest BCUT2D eigenvalue weighted by molar-refractivity contribution is 0.121. The molecule has 3 atom stereocenters. The van der Waals surface area contributed by atoms with Gasteiger partial charge < -0.3 is 10.5 Å². The van der Waals surface area contributed by atoms with Gasteiger partial charge in [0, 0.05) is 12.5 Å². The van der Waals surface area contributed by atoms with E-state index in [9.17, 15) is 12.8 Å². The van der Waals surface area contributed by atoms with Gasteiger partial charge in [-0.3, -0.25) is 0 Å². The molecule has 0 saturated heterocycles. The molecule has 0 aromatic heterocycles. The molecule has 144 valence electrons. The highest BCUT2D eigenvalue weighted by Gasteiger charge is 2.73. The van der Waals surface area contributed by atoms with Crippen LogP contribution in [0.2, 0.25) is 0 Å². The van der Waals surface area contributed by atoms with Crippen molar-refractivity contribution >= 4 is 27.0 Å². The Balaban J connectivity index is 2.12. The molecule has 0 radical (unpaired) electrons. The molecule has 3 rings (SSSR count). The van der Waals surface area contributed by atoms with Crippen LogP contribution < -0.4 is 5.73 Å². The summed E-state index contributed by atoms with van der Waals surface area (Å²) in [6.45, 7) is 4.18. The molecule has 2 aromatic rings. The van der Waals surface area contributed by atoms with Gasteiger partial charge in [0.15, 0.2) is 9.84 Å². The number of benzene rings is 2. The van der Waals surface area contributed by atoms with Crippen molar-refractivity contribution < 1.29 is 17.5 Å². The number of nitrogens with two attached hydrogens (primary N) is 1. The van der Waals surface area contributed by atoms with E-state index in [4.69, 9.17) is 22.7 Å². The summed E-state index contributed by atoms with van der Waals surface area (Å²) in [6, 6.07) is 12.6. The summed E-state index contributed by atoms with van der Waals surface area (Å²) >= 11 is 5.27. The Morgan fingerprint density at radius 2 is 1.93 bits per heavy atom. The largest absolute Gasteiger partial charge is 0.393 e. The van der Waals surface area contributed by atoms with E-state index in [0.717, 1.165) is 5.56 Å². The summed E-state index contributed by atoms with van der Waals surface area (Å²) in [5.74, 6) is -0.984. The fraction of sp³-hybridized carbons (Fsp3) is 0.350. The quantitative estimate of drug-likeness (QED) is 0.713. The monoisotopic (exact) mass is 407 g/mol. The second kappa shape index (κ2) is 7.30. The molecular formula is C20H22FNO3S2. The molecule has 2 N–H and O–H groups in total. The van der Waals surface area contributed by atoms with Crippen molar-refractivity contribution in [2.24, 2.45) is 11.1 Å². The first kappa shape index (κ1) is 19.9. The predicted octanol–water partition coefficient (Wildman–Crippen LogP) is 3.38. The van der Waals surface area contributed by atoms with Gasteiger partial charge >= 0.3 is 0 Å². The minimum atomic E-state index is -3.75. The number of sulfone groups is 1. The molecule has 7 heteroatoms. The maximum absolute atomic E-state index is 13.8. The summed E-state index contributed by atoms with van der Waals surface area (Å²) in [5.41, 5.74) is 6.49. The summed E-state index contributed by atoms with van der Waals surface area (Å²) in [6.07, 6.45) is 0. The number of aryl methyl sites for hydroxylation is 1. The number of rotatable bonds is 7. The lowest BCUT2D eigenvalue weighted by Gasteiger charge is -2.17. The first-order valence-corrected chi connectivity index (χ1v) is 10.6. The Labute approximate surface area is 164 Å². The standard InChI is InChI=1S/C20H22FNO3S2/c1-3-25-12-20(19(22)26)17(14-5-4-6-15(21)11-14)18(20)27(23,24)16-9-7-13(2)8-10-16/h4-11,17-18H,3,12H2,1-2H3,(H2,22,26). The van der Waals surface area contributed by atoms with Gasteiger partial charge in [0.05, 0.1) is 27.2 Å². The smallest absolute Gasteiger partial charge is 0.182 e. The lowest BCUT2D eigenvalue weighted by Crippen LogP contribution is -2.33. The maximum Gasteiger partial charge on any atom is 0.182 e. The first-order valence-electron chi connectivity index (χ1n) is 8.69. The summed E-state index contributed by atoms with van der Waals surface area (Å²) in [5, 5.41) is -0.890. The van der Waals surface area contributed by atoms with Crippen LogP contribution in [0.5, 0.6) is 0 Å². The van der Waals surface area contributed by atoms with Gasteiger partial charge in [-0.05, 0) is 43.7 Å². The predicted molar refractivity (Wildman–Crippen MR) is 107 cm³/mol. The highest BCUT2D eigenvalue weighted by molar-refractivity contribution is 7.92. The third-order valence-corrected chi connectivity index (χ3v) is 7.82. The molecule has 0 spiro atoms. The molecule has 1 fully saturated rings. The highest BCUT2D eigenvalue weighted by Crippen LogP contribution is 2.64. The van der Waals surface area contributed by atoms with Gasteiger partial charge in [-0.15, -0.1) is 0 Å². The summed E-state index contributed by atoms with van der Waals surface area (Å²) in [7, 11) is -3.75. The molecule has 27 heavy (non-hydrogen) atoms. The Kier molecular flexibility index (Phi) is 5.38. The van der Waals surface area contributed by atoms with Gasteiger partial charge in [-0.2, -0.15) is 0 Å². The Bertz CT molecular complexity index is 959. The van der Waals surface area contributed by atoms with Crippen LogP contribution in [0, 0.1) is 18.2 Å². The normalized spacial score (nSPS) is 24.6. The van der Waals surface area contributed by atoms with Crippen LogP contribution >= 0.6 is 12.2 Å². The zero-order valence-corrected chi connectivity index (χ0v) is 16.8. The molecule has 0 amide bonds. The molecule has 3 unspecified atom stereocenters. The minimum Gasteiger partial charge on any atom is -0.393 e. The van der Waals surface area contributed by atoms with Crippen molar-refractivity contribution in [1.29, 1.82) is 0 Å². The first-order chi connectivity index (χ1) is 12.7. The van der Waals surface area contributed by atoms with Crippen molar-refractivity contribution in [1.82, 2.24) is 0 Å². The van der Waals surface area contributed by atoms with Gasteiger partial charge in [0.2, 0.25) is 0 Å². The summed E-state index contributed by atoms with van der Waals surface area (Å²) < 4.78 is 46.2. The van der Waals surface area contributed by atoms with E-state index in [1.807, 2.05) is 13.8 Å².